The van der Waals surface area contributed by atoms with E-state index in [0.29, 0.717) is 18.3 Å². The van der Waals surface area contributed by atoms with Gasteiger partial charge in [0, 0.05) is 62.0 Å². The van der Waals surface area contributed by atoms with E-state index in [-0.39, 0.29) is 31.2 Å². The van der Waals surface area contributed by atoms with Crippen LogP contribution in [-0.4, -0.2) is 62.9 Å². The number of aromatic nitrogens is 8. The molecule has 6 aromatic rings. The predicted molar refractivity (Wildman–Crippen MR) is 212 cm³/mol. The molecular weight excluding hydrogens is 694 g/mol. The fraction of sp³-hybridized carbons (Fsp3) is 0.263. The summed E-state index contributed by atoms with van der Waals surface area (Å²) in [4.78, 5) is 40.6. The molecule has 280 valence electrons. The smallest absolute Gasteiger partial charge is 0.335 e. The Morgan fingerprint density at radius 3 is 1.45 bits per heavy atom. The van der Waals surface area contributed by atoms with E-state index in [0.717, 1.165) is 63.5 Å². The highest BCUT2D eigenvalue weighted by Crippen LogP contribution is 2.25. The Balaban J connectivity index is 0.000000331. The number of carbonyl (C=O) groups is 2. The van der Waals surface area contributed by atoms with Crippen molar-refractivity contribution < 1.29 is 14.7 Å². The van der Waals surface area contributed by atoms with E-state index in [1.165, 1.54) is 0 Å². The van der Waals surface area contributed by atoms with Crippen LogP contribution in [0.2, 0.25) is 0 Å². The van der Waals surface area contributed by atoms with Crippen LogP contribution >= 0.6 is 12.4 Å². The summed E-state index contributed by atoms with van der Waals surface area (Å²) in [6, 6.07) is 14.2. The number of hydrogen-bond donors (Lipinski definition) is 4. The lowest BCUT2D eigenvalue weighted by molar-refractivity contribution is 0.0696. The lowest BCUT2D eigenvalue weighted by Crippen LogP contribution is -2.00. The number of halogens is 1. The van der Waals surface area contributed by atoms with Gasteiger partial charge in [0.2, 0.25) is 11.9 Å². The molecule has 0 fully saturated rings. The van der Waals surface area contributed by atoms with Gasteiger partial charge in [-0.2, -0.15) is 10.2 Å². The monoisotopic (exact) mass is 741 g/mol. The van der Waals surface area contributed by atoms with E-state index in [4.69, 9.17) is 10.8 Å². The third-order valence-corrected chi connectivity index (χ3v) is 7.23. The maximum absolute atomic E-state index is 12.0. The number of aryl methyl sites for hydroxylation is 4. The zero-order chi connectivity index (χ0) is 36.9. The van der Waals surface area contributed by atoms with Crippen LogP contribution in [0.1, 0.15) is 66.0 Å². The Labute approximate surface area is 316 Å². The predicted octanol–water partition coefficient (Wildman–Crippen LogP) is 7.56. The largest absolute Gasteiger partial charge is 0.478 e. The van der Waals surface area contributed by atoms with Crippen LogP contribution in [0.25, 0.3) is 22.5 Å². The second kappa shape index (κ2) is 20.8. The van der Waals surface area contributed by atoms with Crippen molar-refractivity contribution in [2.45, 2.75) is 48.0 Å². The molecule has 0 bridgehead atoms. The number of ketones is 1. The quantitative estimate of drug-likeness (QED) is 0.101. The molecule has 5 N–H and O–H groups in total. The molecule has 53 heavy (non-hydrogen) atoms. The summed E-state index contributed by atoms with van der Waals surface area (Å²) in [6.45, 7) is 8.54. The van der Waals surface area contributed by atoms with Crippen molar-refractivity contribution in [2.24, 2.45) is 19.8 Å². The molecule has 4 heterocycles. The molecule has 14 nitrogen and oxygen atoms in total. The highest BCUT2D eigenvalue weighted by molar-refractivity contribution is 5.96. The first-order chi connectivity index (χ1) is 24.5. The van der Waals surface area contributed by atoms with Crippen molar-refractivity contribution in [2.75, 3.05) is 17.2 Å². The summed E-state index contributed by atoms with van der Waals surface area (Å²) in [5, 5.41) is 23.4. The van der Waals surface area contributed by atoms with Gasteiger partial charge in [0.15, 0.2) is 5.78 Å². The van der Waals surface area contributed by atoms with E-state index in [9.17, 15) is 9.59 Å². The van der Waals surface area contributed by atoms with Crippen LogP contribution in [0.4, 0.5) is 23.3 Å². The molecule has 15 heteroatoms. The summed E-state index contributed by atoms with van der Waals surface area (Å²) in [6.07, 6.45) is 12.0. The zero-order valence-electron chi connectivity index (χ0n) is 30.0. The number of nitrogens with zero attached hydrogens (tertiary/aromatic N) is 8. The Hall–Kier alpha value is -5.99. The maximum atomic E-state index is 12.0. The molecule has 0 amide bonds. The third kappa shape index (κ3) is 12.3. The molecule has 0 spiro atoms. The Kier molecular flexibility index (Phi) is 16.9. The molecule has 2 aromatic carbocycles. The lowest BCUT2D eigenvalue weighted by Gasteiger charge is -2.09. The first-order valence-corrected chi connectivity index (χ1v) is 16.4. The number of carboxylic acid groups (broad SMARTS) is 1. The van der Waals surface area contributed by atoms with Gasteiger partial charge in [0.05, 0.1) is 40.7 Å². The number of anilines is 4. The minimum Gasteiger partial charge on any atom is -0.478 e. The van der Waals surface area contributed by atoms with Gasteiger partial charge in [-0.05, 0) is 50.1 Å². The number of carboxylic acids is 1. The van der Waals surface area contributed by atoms with Crippen LogP contribution in [0.15, 0.2) is 85.7 Å². The van der Waals surface area contributed by atoms with Gasteiger partial charge in [-0.3, -0.25) is 14.2 Å². The average molecular weight is 742 g/mol. The van der Waals surface area contributed by atoms with E-state index in [1.54, 1.807) is 58.4 Å². The summed E-state index contributed by atoms with van der Waals surface area (Å²) in [5.74, 6) is 0.197. The second-order valence-corrected chi connectivity index (χ2v) is 11.5. The first kappa shape index (κ1) is 43.2. The molecular formula is C38H48ClN11O3. The highest BCUT2D eigenvalue weighted by Gasteiger charge is 2.11. The van der Waals surface area contributed by atoms with Crippen molar-refractivity contribution in [1.82, 2.24) is 39.5 Å². The average Bonchev–Trinajstić information content (AvgIpc) is 3.73. The topological polar surface area (TPSA) is 192 Å². The fourth-order valence-electron chi connectivity index (χ4n) is 4.77. The van der Waals surface area contributed by atoms with Crippen molar-refractivity contribution in [3.63, 3.8) is 0 Å². The maximum Gasteiger partial charge on any atom is 0.335 e. The summed E-state index contributed by atoms with van der Waals surface area (Å²) in [7, 11) is 3.69. The van der Waals surface area contributed by atoms with E-state index in [2.05, 4.69) is 40.8 Å². The number of Topliss-reactive ketones (excluding diaryl/α,β-unsaturated/α-hetero) is 1. The molecule has 0 radical (unpaired) electrons. The van der Waals surface area contributed by atoms with Crippen molar-refractivity contribution >= 4 is 47.4 Å². The lowest BCUT2D eigenvalue weighted by atomic mass is 10.0. The molecule has 0 saturated carbocycles. The molecule has 0 unspecified atom stereocenters. The Bertz CT molecular complexity index is 2060. The molecule has 0 aliphatic rings. The number of hydrogen-bond acceptors (Lipinski definition) is 11. The zero-order valence-corrected chi connectivity index (χ0v) is 30.8. The number of nitrogens with two attached hydrogens (primary N) is 1. The van der Waals surface area contributed by atoms with Crippen LogP contribution in [0.5, 0.6) is 0 Å². The summed E-state index contributed by atoms with van der Waals surface area (Å²) in [5.41, 5.74) is 12.7. The highest BCUT2D eigenvalue weighted by atomic mass is 35.5. The minimum absolute atomic E-state index is 0. The SMILES string of the molecule is C.CCCC(=O)c1ccc(-c2nc(Nc3cnn(C)c3)ncc2C)cc1.CCN.Cc1cnc(Nc2cnn(C)c2)nc1-c1ccc(C(=O)O)cc1.Cl. The molecule has 0 aliphatic carbocycles. The van der Waals surface area contributed by atoms with E-state index < -0.39 is 5.97 Å². The van der Waals surface area contributed by atoms with Crippen LogP contribution in [-0.2, 0) is 14.1 Å². The van der Waals surface area contributed by atoms with Crippen LogP contribution < -0.4 is 16.4 Å². The van der Waals surface area contributed by atoms with Crippen molar-refractivity contribution in [3.8, 4) is 22.5 Å². The van der Waals surface area contributed by atoms with Crippen LogP contribution in [0, 0.1) is 13.8 Å². The number of benzene rings is 2. The number of nitrogens with one attached hydrogen (secondary N) is 2. The normalized spacial score (nSPS) is 9.94. The molecule has 0 atom stereocenters. The van der Waals surface area contributed by atoms with Gasteiger partial charge in [-0.1, -0.05) is 57.7 Å². The Morgan fingerprint density at radius 1 is 0.717 bits per heavy atom. The summed E-state index contributed by atoms with van der Waals surface area (Å²) >= 11 is 0. The standard InChI is InChI=1S/C19H21N5O.C16H15N5O2.C2H7N.CH4.ClH/c1-4-5-17(25)14-6-8-15(9-7-14)18-13(2)10-20-19(23-18)22-16-11-21-24(3)12-16;1-10-7-17-16(19-13-8-18-21(2)9-13)20-14(10)11-3-5-12(6-4-11)15(22)23;1-2-3;;/h6-12H,4-5H2,1-3H3,(H,20,22,23);3-9H,1-2H3,(H,22,23)(H,17,19,20);2-3H2,1H3;1H4;1H. The number of aromatic carboxylic acids is 1. The molecule has 6 rings (SSSR count). The summed E-state index contributed by atoms with van der Waals surface area (Å²) < 4.78 is 3.39. The van der Waals surface area contributed by atoms with Gasteiger partial charge >= 0.3 is 5.97 Å². The van der Waals surface area contributed by atoms with E-state index >= 15 is 0 Å². The van der Waals surface area contributed by atoms with Gasteiger partial charge in [-0.25, -0.2) is 24.7 Å². The molecule has 4 aromatic heterocycles. The second-order valence-electron chi connectivity index (χ2n) is 11.5. The van der Waals surface area contributed by atoms with Gasteiger partial charge in [0.1, 0.15) is 0 Å². The molecule has 0 saturated heterocycles. The van der Waals surface area contributed by atoms with Crippen molar-refractivity contribution in [3.05, 3.63) is 108 Å². The third-order valence-electron chi connectivity index (χ3n) is 7.23. The number of rotatable bonds is 10. The van der Waals surface area contributed by atoms with Gasteiger partial charge < -0.3 is 21.5 Å². The van der Waals surface area contributed by atoms with Crippen LogP contribution in [0.3, 0.4) is 0 Å². The van der Waals surface area contributed by atoms with Crippen molar-refractivity contribution in [1.29, 1.82) is 0 Å². The van der Waals surface area contributed by atoms with Gasteiger partial charge in [-0.15, -0.1) is 12.4 Å². The van der Waals surface area contributed by atoms with Gasteiger partial charge in [0.25, 0.3) is 0 Å². The Morgan fingerprint density at radius 2 is 1.11 bits per heavy atom. The number of carbonyl (C=O) groups excluding carboxylic acids is 1. The van der Waals surface area contributed by atoms with E-state index in [1.807, 2.05) is 78.4 Å². The minimum atomic E-state index is -0.949. The first-order valence-electron chi connectivity index (χ1n) is 16.4. The molecule has 0 aliphatic heterocycles. The fourth-order valence-corrected chi connectivity index (χ4v) is 4.77.